The van der Waals surface area contributed by atoms with Crippen LogP contribution in [0.15, 0.2) is 48.5 Å². The van der Waals surface area contributed by atoms with Crippen molar-refractivity contribution >= 4 is 18.0 Å². The number of benzene rings is 2. The Hall–Kier alpha value is -3.35. The molecule has 7 nitrogen and oxygen atoms in total. The highest BCUT2D eigenvalue weighted by Gasteiger charge is 2.29. The zero-order valence-electron chi connectivity index (χ0n) is 18.6. The summed E-state index contributed by atoms with van der Waals surface area (Å²) in [4.78, 5) is 35.6. The molecule has 2 amide bonds. The smallest absolute Gasteiger partial charge is 0.407 e. The number of carbonyl (C=O) groups excluding carboxylic acids is 2. The second kappa shape index (κ2) is 10.3. The van der Waals surface area contributed by atoms with Gasteiger partial charge < -0.3 is 20.5 Å². The first-order valence-corrected chi connectivity index (χ1v) is 10.9. The summed E-state index contributed by atoms with van der Waals surface area (Å²) in [6.07, 6.45) is -0.692. The Morgan fingerprint density at radius 1 is 0.906 bits per heavy atom. The van der Waals surface area contributed by atoms with Gasteiger partial charge in [0.2, 0.25) is 5.91 Å². The van der Waals surface area contributed by atoms with E-state index in [-0.39, 0.29) is 37.2 Å². The fourth-order valence-electron chi connectivity index (χ4n) is 4.08. The van der Waals surface area contributed by atoms with Gasteiger partial charge in [0.25, 0.3) is 0 Å². The molecule has 0 spiro atoms. The highest BCUT2D eigenvalue weighted by atomic mass is 16.5. The van der Waals surface area contributed by atoms with Gasteiger partial charge in [0.05, 0.1) is 6.42 Å². The zero-order chi connectivity index (χ0) is 23.3. The molecule has 1 aliphatic carbocycles. The first kappa shape index (κ1) is 23.3. The molecule has 2 aromatic rings. The Morgan fingerprint density at radius 2 is 1.47 bits per heavy atom. The maximum Gasteiger partial charge on any atom is 0.407 e. The number of carboxylic acids is 1. The van der Waals surface area contributed by atoms with E-state index in [1.54, 1.807) is 6.92 Å². The predicted octanol–water partition coefficient (Wildman–Crippen LogP) is 3.92. The summed E-state index contributed by atoms with van der Waals surface area (Å²) in [5.41, 5.74) is 4.57. The van der Waals surface area contributed by atoms with Crippen LogP contribution < -0.4 is 10.6 Å². The summed E-state index contributed by atoms with van der Waals surface area (Å²) in [5.74, 6) is -1.32. The Balaban J connectivity index is 1.52. The molecule has 3 rings (SSSR count). The van der Waals surface area contributed by atoms with Crippen LogP contribution in [0.25, 0.3) is 11.1 Å². The van der Waals surface area contributed by atoms with E-state index < -0.39 is 24.1 Å². The van der Waals surface area contributed by atoms with Crippen molar-refractivity contribution in [2.24, 2.45) is 5.92 Å². The molecule has 2 aromatic carbocycles. The number of rotatable bonds is 9. The van der Waals surface area contributed by atoms with Gasteiger partial charge in [-0.2, -0.15) is 0 Å². The van der Waals surface area contributed by atoms with Crippen LogP contribution in [0.1, 0.15) is 50.7 Å². The highest BCUT2D eigenvalue weighted by Crippen LogP contribution is 2.44. The second-order valence-corrected chi connectivity index (χ2v) is 8.59. The average molecular weight is 439 g/mol. The van der Waals surface area contributed by atoms with Gasteiger partial charge in [-0.15, -0.1) is 0 Å². The molecule has 0 fully saturated rings. The number of hydrogen-bond acceptors (Lipinski definition) is 4. The standard InChI is InChI=1S/C25H30N2O5/c1-15(2)22(13-24(29)30)27-23(28)12-16(3)26-25(31)32-14-21-19-10-6-4-8-17(19)18-9-5-7-11-20(18)21/h4-11,15-16,21-22H,12-14H2,1-3H3,(H,26,31)(H,27,28)(H,29,30)/t16-,22+/m1/s1. The third-order valence-electron chi connectivity index (χ3n) is 5.75. The van der Waals surface area contributed by atoms with E-state index >= 15 is 0 Å². The molecule has 1 aliphatic rings. The number of fused-ring (bicyclic) bond motifs is 3. The van der Waals surface area contributed by atoms with Crippen molar-refractivity contribution in [3.05, 3.63) is 59.7 Å². The maximum atomic E-state index is 12.3. The molecule has 170 valence electrons. The topological polar surface area (TPSA) is 105 Å². The number of aliphatic carboxylic acids is 1. The van der Waals surface area contributed by atoms with Gasteiger partial charge in [-0.1, -0.05) is 62.4 Å². The molecule has 32 heavy (non-hydrogen) atoms. The van der Waals surface area contributed by atoms with Crippen LogP contribution >= 0.6 is 0 Å². The van der Waals surface area contributed by atoms with E-state index in [1.165, 1.54) is 0 Å². The minimum absolute atomic E-state index is 0.0135. The van der Waals surface area contributed by atoms with Crippen molar-refractivity contribution in [3.8, 4) is 11.1 Å². The molecule has 7 heteroatoms. The molecule has 0 heterocycles. The molecule has 0 radical (unpaired) electrons. The summed E-state index contributed by atoms with van der Waals surface area (Å²) in [6, 6.07) is 15.3. The summed E-state index contributed by atoms with van der Waals surface area (Å²) < 4.78 is 5.50. The fourth-order valence-corrected chi connectivity index (χ4v) is 4.08. The van der Waals surface area contributed by atoms with E-state index in [0.29, 0.717) is 0 Å². The van der Waals surface area contributed by atoms with E-state index in [2.05, 4.69) is 34.9 Å². The minimum atomic E-state index is -0.964. The van der Waals surface area contributed by atoms with Crippen molar-refractivity contribution in [2.75, 3.05) is 6.61 Å². The molecule has 0 saturated carbocycles. The second-order valence-electron chi connectivity index (χ2n) is 8.59. The summed E-state index contributed by atoms with van der Waals surface area (Å²) in [5, 5.41) is 14.4. The lowest BCUT2D eigenvalue weighted by Crippen LogP contribution is -2.43. The summed E-state index contributed by atoms with van der Waals surface area (Å²) in [7, 11) is 0. The van der Waals surface area contributed by atoms with Crippen molar-refractivity contribution in [2.45, 2.75) is 51.6 Å². The van der Waals surface area contributed by atoms with Crippen LogP contribution in [-0.4, -0.2) is 41.8 Å². The predicted molar refractivity (Wildman–Crippen MR) is 121 cm³/mol. The van der Waals surface area contributed by atoms with Crippen molar-refractivity contribution in [3.63, 3.8) is 0 Å². The minimum Gasteiger partial charge on any atom is -0.481 e. The first-order chi connectivity index (χ1) is 15.3. The maximum absolute atomic E-state index is 12.3. The van der Waals surface area contributed by atoms with Gasteiger partial charge in [0, 0.05) is 24.4 Å². The lowest BCUT2D eigenvalue weighted by atomic mass is 9.98. The van der Waals surface area contributed by atoms with Gasteiger partial charge in [-0.05, 0) is 35.1 Å². The first-order valence-electron chi connectivity index (χ1n) is 10.9. The van der Waals surface area contributed by atoms with Crippen molar-refractivity contribution in [1.29, 1.82) is 0 Å². The number of carboxylic acid groups (broad SMARTS) is 1. The molecule has 0 bridgehead atoms. The normalized spacial score (nSPS) is 14.2. The van der Waals surface area contributed by atoms with Gasteiger partial charge in [0.1, 0.15) is 6.61 Å². The average Bonchev–Trinajstić information content (AvgIpc) is 3.05. The summed E-state index contributed by atoms with van der Waals surface area (Å²) >= 11 is 0. The largest absolute Gasteiger partial charge is 0.481 e. The number of ether oxygens (including phenoxy) is 1. The van der Waals surface area contributed by atoms with Crippen LogP contribution in [0.5, 0.6) is 0 Å². The number of carbonyl (C=O) groups is 3. The van der Waals surface area contributed by atoms with Gasteiger partial charge in [-0.25, -0.2) is 4.79 Å². The van der Waals surface area contributed by atoms with Gasteiger partial charge in [0.15, 0.2) is 0 Å². The number of nitrogens with one attached hydrogen (secondary N) is 2. The molecule has 3 N–H and O–H groups in total. The monoisotopic (exact) mass is 438 g/mol. The fraction of sp³-hybridized carbons (Fsp3) is 0.400. The Morgan fingerprint density at radius 3 is 2.00 bits per heavy atom. The molecule has 2 atom stereocenters. The Bertz CT molecular complexity index is 942. The molecule has 0 saturated heterocycles. The third kappa shape index (κ3) is 5.66. The molecule has 0 aromatic heterocycles. The van der Waals surface area contributed by atoms with E-state index in [1.807, 2.05) is 38.1 Å². The van der Waals surface area contributed by atoms with Crippen LogP contribution in [-0.2, 0) is 14.3 Å². The van der Waals surface area contributed by atoms with E-state index in [4.69, 9.17) is 9.84 Å². The van der Waals surface area contributed by atoms with E-state index in [0.717, 1.165) is 22.3 Å². The zero-order valence-corrected chi connectivity index (χ0v) is 18.6. The molecular formula is C25H30N2O5. The van der Waals surface area contributed by atoms with Crippen molar-refractivity contribution < 1.29 is 24.2 Å². The van der Waals surface area contributed by atoms with Crippen LogP contribution in [0, 0.1) is 5.92 Å². The van der Waals surface area contributed by atoms with Crippen LogP contribution in [0.4, 0.5) is 4.79 Å². The third-order valence-corrected chi connectivity index (χ3v) is 5.75. The highest BCUT2D eigenvalue weighted by molar-refractivity contribution is 5.80. The van der Waals surface area contributed by atoms with Crippen LogP contribution in [0.3, 0.4) is 0 Å². The summed E-state index contributed by atoms with van der Waals surface area (Å²) in [6.45, 7) is 5.62. The number of amides is 2. The van der Waals surface area contributed by atoms with Crippen LogP contribution in [0.2, 0.25) is 0 Å². The van der Waals surface area contributed by atoms with E-state index in [9.17, 15) is 14.4 Å². The van der Waals surface area contributed by atoms with Crippen molar-refractivity contribution in [1.82, 2.24) is 10.6 Å². The van der Waals surface area contributed by atoms with Gasteiger partial charge >= 0.3 is 12.1 Å². The quantitative estimate of drug-likeness (QED) is 0.550. The van der Waals surface area contributed by atoms with Gasteiger partial charge in [-0.3, -0.25) is 9.59 Å². The molecule has 0 unspecified atom stereocenters. The number of alkyl carbamates (subject to hydrolysis) is 1. The molecular weight excluding hydrogens is 408 g/mol. The number of hydrogen-bond donors (Lipinski definition) is 3. The lowest BCUT2D eigenvalue weighted by Gasteiger charge is -2.22. The Labute approximate surface area is 188 Å². The lowest BCUT2D eigenvalue weighted by molar-refractivity contribution is -0.138. The Kier molecular flexibility index (Phi) is 7.51. The molecule has 0 aliphatic heterocycles. The SMILES string of the molecule is CC(C)[C@H](CC(=O)O)NC(=O)C[C@@H](C)NC(=O)OCC1c2ccccc2-c2ccccc21.